The molecule has 0 saturated heterocycles. The number of H-pyrrole nitrogens is 1. The molecule has 136 valence electrons. The maximum atomic E-state index is 12.9. The van der Waals surface area contributed by atoms with Crippen molar-refractivity contribution in [1.29, 1.82) is 0 Å². The van der Waals surface area contributed by atoms with Gasteiger partial charge in [-0.25, -0.2) is 18.1 Å². The number of hydrogen-bond donors (Lipinski definition) is 2. The van der Waals surface area contributed by atoms with Crippen molar-refractivity contribution < 1.29 is 8.42 Å². The summed E-state index contributed by atoms with van der Waals surface area (Å²) in [4.78, 5) is 7.95. The molecule has 0 radical (unpaired) electrons. The molecule has 0 aliphatic rings. The molecule has 0 amide bonds. The monoisotopic (exact) mass is 369 g/mol. The number of benzene rings is 2. The topological polar surface area (TPSA) is 74.8 Å². The van der Waals surface area contributed by atoms with Crippen LogP contribution >= 0.6 is 0 Å². The van der Waals surface area contributed by atoms with Gasteiger partial charge in [-0.1, -0.05) is 49.4 Å². The molecule has 0 fully saturated rings. The quantitative estimate of drug-likeness (QED) is 0.686. The number of nitrogens with zero attached hydrogens (tertiary/aromatic N) is 1. The van der Waals surface area contributed by atoms with Crippen molar-refractivity contribution in [2.24, 2.45) is 0 Å². The van der Waals surface area contributed by atoms with Crippen LogP contribution in [-0.4, -0.2) is 18.4 Å². The van der Waals surface area contributed by atoms with Gasteiger partial charge in [-0.05, 0) is 43.0 Å². The Hall–Kier alpha value is -2.44. The van der Waals surface area contributed by atoms with E-state index in [-0.39, 0.29) is 0 Å². The molecule has 2 N–H and O–H groups in total. The molecule has 1 atom stereocenters. The third-order valence-electron chi connectivity index (χ3n) is 4.35. The normalized spacial score (nSPS) is 12.9. The highest BCUT2D eigenvalue weighted by Crippen LogP contribution is 2.23. The fourth-order valence-corrected chi connectivity index (χ4v) is 4.47. The largest absolute Gasteiger partial charge is 0.341 e. The van der Waals surface area contributed by atoms with Crippen molar-refractivity contribution in [2.45, 2.75) is 38.1 Å². The smallest absolute Gasteiger partial charge is 0.241 e. The first-order valence-corrected chi connectivity index (χ1v) is 10.1. The molecule has 26 heavy (non-hydrogen) atoms. The van der Waals surface area contributed by atoms with Gasteiger partial charge < -0.3 is 4.98 Å². The van der Waals surface area contributed by atoms with Crippen LogP contribution in [0.25, 0.3) is 11.3 Å². The van der Waals surface area contributed by atoms with Crippen LogP contribution in [0, 0.1) is 13.8 Å². The van der Waals surface area contributed by atoms with Crippen molar-refractivity contribution in [3.8, 4) is 11.3 Å². The molecule has 0 aliphatic heterocycles. The standard InChI is InChI=1S/C20H23N3O2S/c1-4-17(20-21-13-18(22-20)16-8-6-5-7-9-16)23-26(24,25)19-12-14(2)10-11-15(19)3/h5-13,17,23H,4H2,1-3H3,(H,21,22). The predicted molar refractivity (Wildman–Crippen MR) is 103 cm³/mol. The number of aromatic amines is 1. The second-order valence-electron chi connectivity index (χ2n) is 6.40. The van der Waals surface area contributed by atoms with Gasteiger partial charge in [0.1, 0.15) is 5.82 Å². The van der Waals surface area contributed by atoms with Crippen LogP contribution in [-0.2, 0) is 10.0 Å². The van der Waals surface area contributed by atoms with Gasteiger partial charge in [0.25, 0.3) is 0 Å². The lowest BCUT2D eigenvalue weighted by atomic mass is 10.2. The van der Waals surface area contributed by atoms with Gasteiger partial charge in [0.15, 0.2) is 0 Å². The van der Waals surface area contributed by atoms with Crippen LogP contribution in [0.15, 0.2) is 59.6 Å². The Balaban J connectivity index is 1.88. The Bertz CT molecular complexity index is 995. The maximum absolute atomic E-state index is 12.9. The zero-order valence-electron chi connectivity index (χ0n) is 15.2. The lowest BCUT2D eigenvalue weighted by molar-refractivity contribution is 0.539. The van der Waals surface area contributed by atoms with Gasteiger partial charge in [0.2, 0.25) is 10.0 Å². The third kappa shape index (κ3) is 3.86. The van der Waals surface area contributed by atoms with Gasteiger partial charge in [-0.2, -0.15) is 0 Å². The number of aromatic nitrogens is 2. The Morgan fingerprint density at radius 3 is 2.54 bits per heavy atom. The summed E-state index contributed by atoms with van der Waals surface area (Å²) in [5, 5.41) is 0. The van der Waals surface area contributed by atoms with Gasteiger partial charge in [0.05, 0.1) is 22.8 Å². The minimum Gasteiger partial charge on any atom is -0.341 e. The van der Waals surface area contributed by atoms with E-state index in [9.17, 15) is 8.42 Å². The van der Waals surface area contributed by atoms with Crippen LogP contribution in [0.4, 0.5) is 0 Å². The van der Waals surface area contributed by atoms with Crippen LogP contribution in [0.2, 0.25) is 0 Å². The molecule has 0 spiro atoms. The predicted octanol–water partition coefficient (Wildman–Crippen LogP) is 4.12. The number of sulfonamides is 1. The first-order valence-electron chi connectivity index (χ1n) is 8.60. The van der Waals surface area contributed by atoms with Gasteiger partial charge in [-0.15, -0.1) is 0 Å². The number of nitrogens with one attached hydrogen (secondary N) is 2. The summed E-state index contributed by atoms with van der Waals surface area (Å²) in [7, 11) is -3.64. The van der Waals surface area contributed by atoms with Crippen molar-refractivity contribution in [2.75, 3.05) is 0 Å². The van der Waals surface area contributed by atoms with Gasteiger partial charge in [-0.3, -0.25) is 0 Å². The summed E-state index contributed by atoms with van der Waals surface area (Å²) >= 11 is 0. The molecule has 1 heterocycles. The molecule has 5 nitrogen and oxygen atoms in total. The van der Waals surface area contributed by atoms with Gasteiger partial charge >= 0.3 is 0 Å². The average molecular weight is 369 g/mol. The maximum Gasteiger partial charge on any atom is 0.241 e. The average Bonchev–Trinajstić information content (AvgIpc) is 3.12. The molecule has 2 aromatic carbocycles. The van der Waals surface area contributed by atoms with E-state index in [0.29, 0.717) is 17.1 Å². The molecular weight excluding hydrogens is 346 g/mol. The molecule has 3 rings (SSSR count). The molecule has 0 bridgehead atoms. The number of rotatable bonds is 6. The summed E-state index contributed by atoms with van der Waals surface area (Å²) in [6.07, 6.45) is 2.32. The fraction of sp³-hybridized carbons (Fsp3) is 0.250. The number of aryl methyl sites for hydroxylation is 2. The van der Waals surface area contributed by atoms with Crippen molar-refractivity contribution in [3.05, 3.63) is 71.7 Å². The Morgan fingerprint density at radius 1 is 1.12 bits per heavy atom. The summed E-state index contributed by atoms with van der Waals surface area (Å²) in [5.74, 6) is 0.611. The fourth-order valence-electron chi connectivity index (χ4n) is 2.86. The van der Waals surface area contributed by atoms with Crippen LogP contribution in [0.5, 0.6) is 0 Å². The van der Waals surface area contributed by atoms with E-state index in [2.05, 4.69) is 14.7 Å². The van der Waals surface area contributed by atoms with Gasteiger partial charge in [0, 0.05) is 0 Å². The number of hydrogen-bond acceptors (Lipinski definition) is 3. The van der Waals surface area contributed by atoms with E-state index in [4.69, 9.17) is 0 Å². The van der Waals surface area contributed by atoms with E-state index in [1.54, 1.807) is 19.2 Å². The second kappa shape index (κ2) is 7.43. The summed E-state index contributed by atoms with van der Waals surface area (Å²) in [5.41, 5.74) is 3.51. The van der Waals surface area contributed by atoms with E-state index in [1.807, 2.05) is 56.3 Å². The molecule has 1 unspecified atom stereocenters. The third-order valence-corrected chi connectivity index (χ3v) is 5.96. The highest BCUT2D eigenvalue weighted by atomic mass is 32.2. The molecule has 3 aromatic rings. The minimum atomic E-state index is -3.64. The molecule has 1 aromatic heterocycles. The Labute approximate surface area is 154 Å². The highest BCUT2D eigenvalue weighted by molar-refractivity contribution is 7.89. The number of imidazole rings is 1. The minimum absolute atomic E-state index is 0.311. The van der Waals surface area contributed by atoms with E-state index in [0.717, 1.165) is 22.4 Å². The first kappa shape index (κ1) is 18.4. The first-order chi connectivity index (χ1) is 12.4. The van der Waals surface area contributed by atoms with E-state index >= 15 is 0 Å². The zero-order valence-corrected chi connectivity index (χ0v) is 16.0. The van der Waals surface area contributed by atoms with Crippen molar-refractivity contribution >= 4 is 10.0 Å². The molecule has 0 aliphatic carbocycles. The van der Waals surface area contributed by atoms with Crippen molar-refractivity contribution in [3.63, 3.8) is 0 Å². The van der Waals surface area contributed by atoms with Crippen LogP contribution in [0.1, 0.15) is 36.3 Å². The molecule has 0 saturated carbocycles. The van der Waals surface area contributed by atoms with Crippen LogP contribution < -0.4 is 4.72 Å². The summed E-state index contributed by atoms with van der Waals surface area (Å²) in [6.45, 7) is 5.62. The molecule has 6 heteroatoms. The van der Waals surface area contributed by atoms with E-state index < -0.39 is 16.1 Å². The van der Waals surface area contributed by atoms with Crippen LogP contribution in [0.3, 0.4) is 0 Å². The van der Waals surface area contributed by atoms with E-state index in [1.165, 1.54) is 0 Å². The summed E-state index contributed by atoms with van der Waals surface area (Å²) in [6, 6.07) is 14.8. The van der Waals surface area contributed by atoms with Crippen molar-refractivity contribution in [1.82, 2.24) is 14.7 Å². The Morgan fingerprint density at radius 2 is 1.85 bits per heavy atom. The lowest BCUT2D eigenvalue weighted by Crippen LogP contribution is -2.29. The second-order valence-corrected chi connectivity index (χ2v) is 8.08. The molecular formula is C20H23N3O2S. The zero-order chi connectivity index (χ0) is 18.7. The summed E-state index contributed by atoms with van der Waals surface area (Å²) < 4.78 is 28.5. The lowest BCUT2D eigenvalue weighted by Gasteiger charge is -2.16. The SMILES string of the molecule is CCC(NS(=O)(=O)c1cc(C)ccc1C)c1ncc(-c2ccccc2)[nH]1. The highest BCUT2D eigenvalue weighted by Gasteiger charge is 2.24. The Kier molecular flexibility index (Phi) is 5.25.